The fourth-order valence-electron chi connectivity index (χ4n) is 3.47. The van der Waals surface area contributed by atoms with E-state index in [1.807, 2.05) is 97.1 Å². The Bertz CT molecular complexity index is 1190. The quantitative estimate of drug-likeness (QED) is 0.192. The minimum Gasteiger partial charge on any atom is -0.399 e. The second-order valence-electron chi connectivity index (χ2n) is 7.97. The standard InChI is InChI=1S/C15H14N2O2.C14H14N2O/c18-10-16-14-5-1-12(2-6-14)9-13-3-7-15(8-4-13)17-11-19;15-13-5-1-11(2-6-13)9-12-3-7-14(8-4-12)16-10-17/h1-8,10-11H,9H2,(H,16,18)(H,17,19);1-8,10H,9,15H2,(H,16,17). The Morgan fingerprint density at radius 2 is 0.694 bits per heavy atom. The molecule has 0 bridgehead atoms. The molecule has 36 heavy (non-hydrogen) atoms. The first-order chi connectivity index (χ1) is 17.6. The van der Waals surface area contributed by atoms with Crippen LogP contribution in [0.4, 0.5) is 22.7 Å². The third-order valence-electron chi connectivity index (χ3n) is 5.33. The summed E-state index contributed by atoms with van der Waals surface area (Å²) in [5.41, 5.74) is 13.5. The van der Waals surface area contributed by atoms with E-state index >= 15 is 0 Å². The van der Waals surface area contributed by atoms with E-state index < -0.39 is 0 Å². The summed E-state index contributed by atoms with van der Waals surface area (Å²) >= 11 is 0. The second kappa shape index (κ2) is 13.7. The molecule has 4 aromatic carbocycles. The summed E-state index contributed by atoms with van der Waals surface area (Å²) in [6.07, 6.45) is 3.67. The number of amides is 3. The van der Waals surface area contributed by atoms with E-state index in [0.29, 0.717) is 19.2 Å². The Hall–Kier alpha value is -4.91. The molecule has 0 heterocycles. The molecule has 7 heteroatoms. The van der Waals surface area contributed by atoms with Crippen molar-refractivity contribution in [2.45, 2.75) is 12.8 Å². The summed E-state index contributed by atoms with van der Waals surface area (Å²) in [6.45, 7) is 0. The van der Waals surface area contributed by atoms with Crippen LogP contribution in [0.15, 0.2) is 97.1 Å². The van der Waals surface area contributed by atoms with E-state index in [1.165, 1.54) is 11.1 Å². The van der Waals surface area contributed by atoms with Crippen molar-refractivity contribution in [2.24, 2.45) is 0 Å². The summed E-state index contributed by atoms with van der Waals surface area (Å²) in [5.74, 6) is 0. The van der Waals surface area contributed by atoms with Crippen LogP contribution in [0.5, 0.6) is 0 Å². The fourth-order valence-corrected chi connectivity index (χ4v) is 3.47. The molecule has 0 aliphatic heterocycles. The van der Waals surface area contributed by atoms with E-state index in [-0.39, 0.29) is 0 Å². The fraction of sp³-hybridized carbons (Fsp3) is 0.0690. The molecule has 7 nitrogen and oxygen atoms in total. The van der Waals surface area contributed by atoms with Gasteiger partial charge in [-0.3, -0.25) is 14.4 Å². The molecule has 0 saturated heterocycles. The van der Waals surface area contributed by atoms with Gasteiger partial charge >= 0.3 is 0 Å². The smallest absolute Gasteiger partial charge is 0.211 e. The van der Waals surface area contributed by atoms with Crippen LogP contribution >= 0.6 is 0 Å². The molecule has 0 radical (unpaired) electrons. The molecular weight excluding hydrogens is 452 g/mol. The zero-order valence-corrected chi connectivity index (χ0v) is 19.7. The van der Waals surface area contributed by atoms with Gasteiger partial charge in [0.15, 0.2) is 0 Å². The van der Waals surface area contributed by atoms with Crippen molar-refractivity contribution in [1.82, 2.24) is 0 Å². The number of nitrogens with two attached hydrogens (primary N) is 1. The lowest BCUT2D eigenvalue weighted by Crippen LogP contribution is -1.95. The van der Waals surface area contributed by atoms with Gasteiger partial charge in [0.05, 0.1) is 0 Å². The largest absolute Gasteiger partial charge is 0.399 e. The lowest BCUT2D eigenvalue weighted by Gasteiger charge is -2.05. The highest BCUT2D eigenvalue weighted by atomic mass is 16.1. The summed E-state index contributed by atoms with van der Waals surface area (Å²) in [4.78, 5) is 30.8. The van der Waals surface area contributed by atoms with Crippen LogP contribution in [-0.2, 0) is 27.2 Å². The highest BCUT2D eigenvalue weighted by molar-refractivity contribution is 5.72. The van der Waals surface area contributed by atoms with E-state index in [1.54, 1.807) is 0 Å². The summed E-state index contributed by atoms with van der Waals surface area (Å²) in [5, 5.41) is 7.81. The topological polar surface area (TPSA) is 113 Å². The third-order valence-corrected chi connectivity index (χ3v) is 5.33. The van der Waals surface area contributed by atoms with Crippen molar-refractivity contribution in [2.75, 3.05) is 21.7 Å². The van der Waals surface area contributed by atoms with Gasteiger partial charge in [-0.2, -0.15) is 0 Å². The first-order valence-corrected chi connectivity index (χ1v) is 11.3. The molecule has 0 aliphatic carbocycles. The van der Waals surface area contributed by atoms with Crippen molar-refractivity contribution in [3.8, 4) is 0 Å². The van der Waals surface area contributed by atoms with Gasteiger partial charge in [0.2, 0.25) is 19.2 Å². The predicted molar refractivity (Wildman–Crippen MR) is 145 cm³/mol. The molecule has 0 aliphatic rings. The van der Waals surface area contributed by atoms with Gasteiger partial charge in [-0.05, 0) is 83.6 Å². The van der Waals surface area contributed by atoms with Gasteiger partial charge in [0.1, 0.15) is 0 Å². The van der Waals surface area contributed by atoms with Crippen molar-refractivity contribution in [1.29, 1.82) is 0 Å². The van der Waals surface area contributed by atoms with Gasteiger partial charge in [-0.25, -0.2) is 0 Å². The van der Waals surface area contributed by atoms with Crippen LogP contribution in [0, 0.1) is 0 Å². The maximum Gasteiger partial charge on any atom is 0.211 e. The van der Waals surface area contributed by atoms with Crippen LogP contribution in [0.1, 0.15) is 22.3 Å². The minimum absolute atomic E-state index is 0.660. The third kappa shape index (κ3) is 8.46. The number of hydrogen-bond acceptors (Lipinski definition) is 4. The SMILES string of the molecule is Nc1ccc(Cc2ccc(NC=O)cc2)cc1.O=CNc1ccc(Cc2ccc(NC=O)cc2)cc1. The molecule has 0 aromatic heterocycles. The number of anilines is 4. The molecule has 182 valence electrons. The van der Waals surface area contributed by atoms with Crippen molar-refractivity contribution < 1.29 is 14.4 Å². The maximum absolute atomic E-state index is 10.3. The number of carbonyl (C=O) groups excluding carboxylic acids is 3. The van der Waals surface area contributed by atoms with Gasteiger partial charge in [-0.1, -0.05) is 48.5 Å². The van der Waals surface area contributed by atoms with Crippen LogP contribution in [-0.4, -0.2) is 19.2 Å². The van der Waals surface area contributed by atoms with Crippen molar-refractivity contribution >= 4 is 42.0 Å². The van der Waals surface area contributed by atoms with E-state index in [0.717, 1.165) is 46.7 Å². The molecule has 0 spiro atoms. The maximum atomic E-state index is 10.3. The Morgan fingerprint density at radius 1 is 0.444 bits per heavy atom. The van der Waals surface area contributed by atoms with Crippen LogP contribution in [0.2, 0.25) is 0 Å². The zero-order valence-electron chi connectivity index (χ0n) is 19.7. The summed E-state index contributed by atoms with van der Waals surface area (Å²) in [7, 11) is 0. The Balaban J connectivity index is 0.000000202. The van der Waals surface area contributed by atoms with Gasteiger partial charge in [-0.15, -0.1) is 0 Å². The Labute approximate surface area is 210 Å². The number of benzene rings is 4. The predicted octanol–water partition coefficient (Wildman–Crippen LogP) is 4.84. The average Bonchev–Trinajstić information content (AvgIpc) is 2.90. The molecule has 4 aromatic rings. The molecule has 0 unspecified atom stereocenters. The summed E-state index contributed by atoms with van der Waals surface area (Å²) < 4.78 is 0. The monoisotopic (exact) mass is 480 g/mol. The summed E-state index contributed by atoms with van der Waals surface area (Å²) in [6, 6.07) is 31.0. The van der Waals surface area contributed by atoms with Crippen molar-refractivity contribution in [3.05, 3.63) is 119 Å². The molecule has 5 N–H and O–H groups in total. The van der Waals surface area contributed by atoms with Crippen LogP contribution in [0.25, 0.3) is 0 Å². The number of carbonyl (C=O) groups is 3. The molecule has 0 atom stereocenters. The molecule has 3 amide bonds. The number of nitrogens with one attached hydrogen (secondary N) is 3. The average molecular weight is 481 g/mol. The molecule has 0 fully saturated rings. The first kappa shape index (κ1) is 25.7. The molecule has 0 saturated carbocycles. The van der Waals surface area contributed by atoms with Gasteiger partial charge < -0.3 is 21.7 Å². The van der Waals surface area contributed by atoms with E-state index in [2.05, 4.69) is 16.0 Å². The number of rotatable bonds is 10. The van der Waals surface area contributed by atoms with Crippen LogP contribution < -0.4 is 21.7 Å². The van der Waals surface area contributed by atoms with E-state index in [4.69, 9.17) is 5.73 Å². The lowest BCUT2D eigenvalue weighted by atomic mass is 10.0. The zero-order chi connectivity index (χ0) is 25.6. The normalized spacial score (nSPS) is 9.78. The second-order valence-corrected chi connectivity index (χ2v) is 7.97. The Kier molecular flexibility index (Phi) is 9.79. The first-order valence-electron chi connectivity index (χ1n) is 11.3. The number of nitrogen functional groups attached to an aromatic ring is 1. The lowest BCUT2D eigenvalue weighted by molar-refractivity contribution is -0.106. The highest BCUT2D eigenvalue weighted by Crippen LogP contribution is 2.16. The highest BCUT2D eigenvalue weighted by Gasteiger charge is 1.99. The molecular formula is C29H28N4O3. The van der Waals surface area contributed by atoms with Gasteiger partial charge in [0.25, 0.3) is 0 Å². The van der Waals surface area contributed by atoms with Crippen LogP contribution in [0.3, 0.4) is 0 Å². The van der Waals surface area contributed by atoms with E-state index in [9.17, 15) is 14.4 Å². The van der Waals surface area contributed by atoms with Gasteiger partial charge in [0, 0.05) is 22.7 Å². The number of hydrogen-bond donors (Lipinski definition) is 4. The van der Waals surface area contributed by atoms with Crippen molar-refractivity contribution in [3.63, 3.8) is 0 Å². The Morgan fingerprint density at radius 3 is 0.944 bits per heavy atom. The minimum atomic E-state index is 0.660. The molecule has 4 rings (SSSR count).